The maximum absolute atomic E-state index is 12.8. The Morgan fingerprint density at radius 1 is 1.47 bits per heavy atom. The number of nitrogens with zero attached hydrogens (tertiary/aromatic N) is 1. The first-order chi connectivity index (χ1) is 7.25. The van der Waals surface area contributed by atoms with Gasteiger partial charge in [-0.05, 0) is 0 Å². The molecule has 1 heterocycles. The quantitative estimate of drug-likeness (QED) is 0.840. The third-order valence-corrected chi connectivity index (χ3v) is 3.36. The van der Waals surface area contributed by atoms with Crippen molar-refractivity contribution in [3.63, 3.8) is 0 Å². The fourth-order valence-corrected chi connectivity index (χ4v) is 2.17. The van der Waals surface area contributed by atoms with Crippen LogP contribution >= 0.6 is 0 Å². The van der Waals surface area contributed by atoms with Gasteiger partial charge in [-0.3, -0.25) is 0 Å². The van der Waals surface area contributed by atoms with E-state index in [2.05, 4.69) is 10.3 Å². The molecule has 0 bridgehead atoms. The standard InChI is InChI=1S/C10H7FN2OSe/c11-7-2-1-3-8(4-7)13-10(14)9-5-12-6-15-9/h1-6H,(H,13,14). The molecular formula is C10H7FN2OSe. The molecule has 76 valence electrons. The molecule has 0 aliphatic heterocycles. The number of anilines is 1. The van der Waals surface area contributed by atoms with E-state index in [1.165, 1.54) is 18.3 Å². The second kappa shape index (κ2) is 4.38. The summed E-state index contributed by atoms with van der Waals surface area (Å²) in [5.41, 5.74) is 0.462. The van der Waals surface area contributed by atoms with Crippen LogP contribution in [0, 0.1) is 5.82 Å². The first-order valence-corrected chi connectivity index (χ1v) is 6.05. The van der Waals surface area contributed by atoms with Gasteiger partial charge in [0.25, 0.3) is 0 Å². The molecule has 0 unspecified atom stereocenters. The molecule has 0 aliphatic rings. The number of hydrogen-bond acceptors (Lipinski definition) is 2. The molecule has 1 amide bonds. The van der Waals surface area contributed by atoms with Gasteiger partial charge in [-0.1, -0.05) is 0 Å². The zero-order valence-electron chi connectivity index (χ0n) is 7.61. The number of halogens is 1. The summed E-state index contributed by atoms with van der Waals surface area (Å²) in [7, 11) is 0. The summed E-state index contributed by atoms with van der Waals surface area (Å²) in [6, 6.07) is 5.80. The molecule has 1 aromatic carbocycles. The molecule has 2 aromatic rings. The number of rotatable bonds is 2. The van der Waals surface area contributed by atoms with Crippen molar-refractivity contribution in [2.24, 2.45) is 0 Å². The van der Waals surface area contributed by atoms with Crippen LogP contribution in [-0.2, 0) is 0 Å². The van der Waals surface area contributed by atoms with Crippen LogP contribution in [0.4, 0.5) is 10.1 Å². The van der Waals surface area contributed by atoms with Crippen molar-refractivity contribution in [1.82, 2.24) is 4.98 Å². The van der Waals surface area contributed by atoms with E-state index in [0.29, 0.717) is 10.1 Å². The summed E-state index contributed by atoms with van der Waals surface area (Å²) in [6.45, 7) is 0. The van der Waals surface area contributed by atoms with E-state index in [4.69, 9.17) is 0 Å². The second-order valence-electron chi connectivity index (χ2n) is 2.83. The summed E-state index contributed by atoms with van der Waals surface area (Å²) in [5, 5.41) is 4.33. The number of nitrogens with one attached hydrogen (secondary N) is 1. The Balaban J connectivity index is 2.13. The average Bonchev–Trinajstić information content (AvgIpc) is 2.70. The molecule has 2 rings (SSSR count). The van der Waals surface area contributed by atoms with Gasteiger partial charge in [0.15, 0.2) is 0 Å². The molecule has 0 radical (unpaired) electrons. The van der Waals surface area contributed by atoms with E-state index in [9.17, 15) is 9.18 Å². The third kappa shape index (κ3) is 2.52. The van der Waals surface area contributed by atoms with Gasteiger partial charge in [0, 0.05) is 0 Å². The van der Waals surface area contributed by atoms with E-state index < -0.39 is 0 Å². The first kappa shape index (κ1) is 10.1. The van der Waals surface area contributed by atoms with Gasteiger partial charge in [-0.15, -0.1) is 0 Å². The normalized spacial score (nSPS) is 9.93. The number of carbonyl (C=O) groups is 1. The Morgan fingerprint density at radius 3 is 3.00 bits per heavy atom. The van der Waals surface area contributed by atoms with Crippen molar-refractivity contribution in [3.05, 3.63) is 45.8 Å². The van der Waals surface area contributed by atoms with Crippen molar-refractivity contribution in [3.8, 4) is 0 Å². The topological polar surface area (TPSA) is 42.0 Å². The van der Waals surface area contributed by atoms with Crippen molar-refractivity contribution >= 4 is 26.1 Å². The number of amides is 1. The van der Waals surface area contributed by atoms with E-state index >= 15 is 0 Å². The van der Waals surface area contributed by atoms with Crippen molar-refractivity contribution in [1.29, 1.82) is 0 Å². The zero-order valence-corrected chi connectivity index (χ0v) is 9.32. The Kier molecular flexibility index (Phi) is 2.94. The van der Waals surface area contributed by atoms with Gasteiger partial charge in [0.1, 0.15) is 0 Å². The van der Waals surface area contributed by atoms with Crippen molar-refractivity contribution in [2.45, 2.75) is 0 Å². The zero-order chi connectivity index (χ0) is 10.7. The fraction of sp³-hybridized carbons (Fsp3) is 0. The van der Waals surface area contributed by atoms with Gasteiger partial charge in [0.05, 0.1) is 0 Å². The predicted molar refractivity (Wildman–Crippen MR) is 55.5 cm³/mol. The molecule has 0 fully saturated rings. The Bertz CT molecular complexity index is 470. The Hall–Kier alpha value is -1.45. The van der Waals surface area contributed by atoms with E-state index in [0.717, 1.165) is 0 Å². The van der Waals surface area contributed by atoms with E-state index in [-0.39, 0.29) is 26.2 Å². The van der Waals surface area contributed by atoms with Gasteiger partial charge < -0.3 is 0 Å². The molecule has 3 nitrogen and oxygen atoms in total. The summed E-state index contributed by atoms with van der Waals surface area (Å²) < 4.78 is 13.5. The molecule has 1 aromatic heterocycles. The third-order valence-electron chi connectivity index (χ3n) is 1.74. The van der Waals surface area contributed by atoms with Crippen molar-refractivity contribution in [2.75, 3.05) is 5.32 Å². The summed E-state index contributed by atoms with van der Waals surface area (Å²) in [5.74, 6) is -0.576. The number of benzene rings is 1. The summed E-state index contributed by atoms with van der Waals surface area (Å²) in [4.78, 5) is 15.4. The van der Waals surface area contributed by atoms with Gasteiger partial charge in [0.2, 0.25) is 0 Å². The van der Waals surface area contributed by atoms with Gasteiger partial charge >= 0.3 is 91.4 Å². The summed E-state index contributed by atoms with van der Waals surface area (Å²) in [6.07, 6.45) is 1.54. The molecule has 0 saturated heterocycles. The van der Waals surface area contributed by atoms with Crippen LogP contribution in [0.25, 0.3) is 0 Å². The van der Waals surface area contributed by atoms with Crippen LogP contribution in [0.5, 0.6) is 0 Å². The predicted octanol–water partition coefficient (Wildman–Crippen LogP) is 1.53. The van der Waals surface area contributed by atoms with Crippen LogP contribution in [0.2, 0.25) is 0 Å². The Morgan fingerprint density at radius 2 is 2.33 bits per heavy atom. The molecule has 0 atom stereocenters. The Labute approximate surface area is 91.7 Å². The maximum atomic E-state index is 12.8. The fourth-order valence-electron chi connectivity index (χ4n) is 1.09. The van der Waals surface area contributed by atoms with Gasteiger partial charge in [-0.2, -0.15) is 0 Å². The van der Waals surface area contributed by atoms with E-state index in [1.54, 1.807) is 17.2 Å². The van der Waals surface area contributed by atoms with E-state index in [1.807, 2.05) is 0 Å². The number of hydrogen-bond donors (Lipinski definition) is 1. The molecule has 0 spiro atoms. The van der Waals surface area contributed by atoms with Crippen LogP contribution in [-0.4, -0.2) is 25.4 Å². The molecule has 0 aliphatic carbocycles. The molecule has 1 N–H and O–H groups in total. The SMILES string of the molecule is O=C(Nc1cccc(F)c1)c1cnc[se]1. The monoisotopic (exact) mass is 270 g/mol. The number of carbonyl (C=O) groups excluding carboxylic acids is 1. The number of aromatic nitrogens is 1. The van der Waals surface area contributed by atoms with Crippen LogP contribution < -0.4 is 5.32 Å². The van der Waals surface area contributed by atoms with Gasteiger partial charge in [-0.25, -0.2) is 0 Å². The van der Waals surface area contributed by atoms with Crippen LogP contribution in [0.1, 0.15) is 9.23 Å². The second-order valence-corrected chi connectivity index (χ2v) is 4.69. The minimum atomic E-state index is -0.366. The minimum absolute atomic E-state index is 0.00257. The van der Waals surface area contributed by atoms with Crippen molar-refractivity contribution < 1.29 is 9.18 Å². The molecule has 0 saturated carbocycles. The first-order valence-electron chi connectivity index (χ1n) is 4.21. The summed E-state index contributed by atoms with van der Waals surface area (Å²) >= 11 is -0.00257. The van der Waals surface area contributed by atoms with Crippen LogP contribution in [0.15, 0.2) is 35.5 Å². The molecule has 5 heteroatoms. The van der Waals surface area contributed by atoms with Crippen LogP contribution in [0.3, 0.4) is 0 Å². The molecule has 15 heavy (non-hydrogen) atoms. The average molecular weight is 269 g/mol. The molecular weight excluding hydrogens is 262 g/mol.